The highest BCUT2D eigenvalue weighted by molar-refractivity contribution is 5.55. The van der Waals surface area contributed by atoms with Crippen LogP contribution in [0, 0.1) is 13.8 Å². The maximum absolute atomic E-state index is 4.91. The summed E-state index contributed by atoms with van der Waals surface area (Å²) < 4.78 is 2.08. The van der Waals surface area contributed by atoms with Crippen molar-refractivity contribution in [1.82, 2.24) is 24.6 Å². The van der Waals surface area contributed by atoms with Gasteiger partial charge in [-0.15, -0.1) is 0 Å². The number of anilines is 2. The Morgan fingerprint density at radius 3 is 2.86 bits per heavy atom. The van der Waals surface area contributed by atoms with Crippen LogP contribution in [-0.4, -0.2) is 37.7 Å². The van der Waals surface area contributed by atoms with Crippen LogP contribution in [0.5, 0.6) is 0 Å². The van der Waals surface area contributed by atoms with Gasteiger partial charge in [-0.3, -0.25) is 9.58 Å². The quantitative estimate of drug-likeness (QED) is 0.675. The van der Waals surface area contributed by atoms with Crippen LogP contribution in [0.1, 0.15) is 48.2 Å². The second-order valence-electron chi connectivity index (χ2n) is 7.89. The Hall–Kier alpha value is -2.73. The number of nitrogens with one attached hydrogen (secondary N) is 1. The van der Waals surface area contributed by atoms with Crippen molar-refractivity contribution in [3.05, 3.63) is 65.2 Å². The van der Waals surface area contributed by atoms with E-state index in [1.165, 1.54) is 24.1 Å². The molecule has 0 saturated carbocycles. The number of likely N-dealkylation sites (tertiary alicyclic amines) is 1. The second kappa shape index (κ2) is 8.74. The molecule has 1 fully saturated rings. The van der Waals surface area contributed by atoms with Crippen molar-refractivity contribution < 1.29 is 0 Å². The van der Waals surface area contributed by atoms with E-state index in [0.717, 1.165) is 49.1 Å². The van der Waals surface area contributed by atoms with E-state index < -0.39 is 0 Å². The van der Waals surface area contributed by atoms with Gasteiger partial charge in [0.25, 0.3) is 0 Å². The monoisotopic (exact) mass is 390 g/mol. The van der Waals surface area contributed by atoms with Gasteiger partial charge in [0.1, 0.15) is 11.6 Å². The summed E-state index contributed by atoms with van der Waals surface area (Å²) in [5, 5.41) is 7.87. The third kappa shape index (κ3) is 4.48. The number of nitrogens with zero attached hydrogens (tertiary/aromatic N) is 5. The summed E-state index contributed by atoms with van der Waals surface area (Å²) in [6.45, 7) is 10.4. The highest BCUT2D eigenvalue weighted by Gasteiger charge is 2.23. The molecule has 1 aliphatic heterocycles. The number of aromatic nitrogens is 4. The van der Waals surface area contributed by atoms with Crippen LogP contribution in [0.4, 0.5) is 11.6 Å². The molecule has 4 heterocycles. The van der Waals surface area contributed by atoms with Gasteiger partial charge in [0.05, 0.1) is 6.20 Å². The number of hydrogen-bond acceptors (Lipinski definition) is 5. The standard InChI is InChI=1S/C23H30N6/c1-4-29-18(3)20(14-25-29)16-28-13-7-9-19(15-28)21-10-5-11-22(26-21)27-23-17(2)8-6-12-24-23/h5-6,8,10-12,14,19H,4,7,9,13,15-16H2,1-3H3,(H,24,26,27)/t19-/m1/s1. The third-order valence-corrected chi connectivity index (χ3v) is 5.85. The Bertz CT molecular complexity index is 964. The maximum Gasteiger partial charge on any atom is 0.134 e. The summed E-state index contributed by atoms with van der Waals surface area (Å²) >= 11 is 0. The molecule has 3 aromatic heterocycles. The molecule has 1 aliphatic rings. The SMILES string of the molecule is CCn1ncc(CN2CCC[C@@H](c3cccc(Nc4ncccc4C)n3)C2)c1C. The number of pyridine rings is 2. The summed E-state index contributed by atoms with van der Waals surface area (Å²) in [4.78, 5) is 11.9. The third-order valence-electron chi connectivity index (χ3n) is 5.85. The first-order valence-corrected chi connectivity index (χ1v) is 10.5. The summed E-state index contributed by atoms with van der Waals surface area (Å²) in [5.74, 6) is 2.18. The van der Waals surface area contributed by atoms with Gasteiger partial charge in [-0.2, -0.15) is 5.10 Å². The molecule has 1 atom stereocenters. The Labute approximate surface area is 173 Å². The van der Waals surface area contributed by atoms with E-state index in [-0.39, 0.29) is 0 Å². The topological polar surface area (TPSA) is 58.9 Å². The summed E-state index contributed by atoms with van der Waals surface area (Å²) in [5.41, 5.74) is 4.90. The Balaban J connectivity index is 1.45. The normalized spacial score (nSPS) is 17.4. The fourth-order valence-electron chi connectivity index (χ4n) is 4.13. The van der Waals surface area contributed by atoms with Crippen LogP contribution >= 0.6 is 0 Å². The van der Waals surface area contributed by atoms with Gasteiger partial charge in [0, 0.05) is 48.7 Å². The number of rotatable bonds is 6. The molecular weight excluding hydrogens is 360 g/mol. The zero-order valence-electron chi connectivity index (χ0n) is 17.6. The fourth-order valence-corrected chi connectivity index (χ4v) is 4.13. The van der Waals surface area contributed by atoms with Gasteiger partial charge in [-0.05, 0) is 63.9 Å². The predicted octanol–water partition coefficient (Wildman–Crippen LogP) is 4.43. The van der Waals surface area contributed by atoms with Gasteiger partial charge in [0.2, 0.25) is 0 Å². The van der Waals surface area contributed by atoms with E-state index in [9.17, 15) is 0 Å². The molecule has 6 nitrogen and oxygen atoms in total. The summed E-state index contributed by atoms with van der Waals surface area (Å²) in [6, 6.07) is 10.3. The zero-order valence-corrected chi connectivity index (χ0v) is 17.6. The van der Waals surface area contributed by atoms with E-state index >= 15 is 0 Å². The highest BCUT2D eigenvalue weighted by Crippen LogP contribution is 2.28. The van der Waals surface area contributed by atoms with Gasteiger partial charge >= 0.3 is 0 Å². The van der Waals surface area contributed by atoms with Crippen LogP contribution in [0.2, 0.25) is 0 Å². The highest BCUT2D eigenvalue weighted by atomic mass is 15.3. The molecule has 0 bridgehead atoms. The lowest BCUT2D eigenvalue weighted by Gasteiger charge is -2.32. The van der Waals surface area contributed by atoms with Crippen LogP contribution in [0.25, 0.3) is 0 Å². The molecule has 0 amide bonds. The van der Waals surface area contributed by atoms with E-state index in [0.29, 0.717) is 5.92 Å². The van der Waals surface area contributed by atoms with E-state index in [1.807, 2.05) is 18.3 Å². The minimum atomic E-state index is 0.455. The molecule has 3 aromatic rings. The van der Waals surface area contributed by atoms with Crippen molar-refractivity contribution in [3.63, 3.8) is 0 Å². The van der Waals surface area contributed by atoms with Crippen LogP contribution in [-0.2, 0) is 13.1 Å². The first kappa shape index (κ1) is 19.6. The first-order chi connectivity index (χ1) is 14.1. The minimum absolute atomic E-state index is 0.455. The molecule has 4 rings (SSSR count). The number of aryl methyl sites for hydroxylation is 2. The minimum Gasteiger partial charge on any atom is -0.325 e. The molecule has 6 heteroatoms. The average Bonchev–Trinajstić information content (AvgIpc) is 3.09. The summed E-state index contributed by atoms with van der Waals surface area (Å²) in [7, 11) is 0. The largest absolute Gasteiger partial charge is 0.325 e. The van der Waals surface area contributed by atoms with E-state index in [1.54, 1.807) is 6.20 Å². The van der Waals surface area contributed by atoms with Crippen LogP contribution in [0.15, 0.2) is 42.7 Å². The summed E-state index contributed by atoms with van der Waals surface area (Å²) in [6.07, 6.45) is 6.22. The van der Waals surface area contributed by atoms with E-state index in [4.69, 9.17) is 4.98 Å². The molecule has 0 aromatic carbocycles. The van der Waals surface area contributed by atoms with Crippen molar-refractivity contribution >= 4 is 11.6 Å². The number of piperidine rings is 1. The molecule has 29 heavy (non-hydrogen) atoms. The lowest BCUT2D eigenvalue weighted by molar-refractivity contribution is 0.198. The molecule has 0 unspecified atom stereocenters. The number of hydrogen-bond donors (Lipinski definition) is 1. The molecule has 152 valence electrons. The van der Waals surface area contributed by atoms with Crippen molar-refractivity contribution in [1.29, 1.82) is 0 Å². The second-order valence-corrected chi connectivity index (χ2v) is 7.89. The Morgan fingerprint density at radius 2 is 2.07 bits per heavy atom. The smallest absolute Gasteiger partial charge is 0.134 e. The van der Waals surface area contributed by atoms with Crippen LogP contribution < -0.4 is 5.32 Å². The van der Waals surface area contributed by atoms with Crippen molar-refractivity contribution in [2.24, 2.45) is 0 Å². The van der Waals surface area contributed by atoms with Crippen molar-refractivity contribution in [3.8, 4) is 0 Å². The molecular formula is C23H30N6. The predicted molar refractivity (Wildman–Crippen MR) is 116 cm³/mol. The zero-order chi connectivity index (χ0) is 20.2. The van der Waals surface area contributed by atoms with Gasteiger partial charge in [-0.1, -0.05) is 12.1 Å². The maximum atomic E-state index is 4.91. The van der Waals surface area contributed by atoms with Gasteiger partial charge < -0.3 is 5.32 Å². The lowest BCUT2D eigenvalue weighted by atomic mass is 9.94. The molecule has 1 N–H and O–H groups in total. The Kier molecular flexibility index (Phi) is 5.90. The van der Waals surface area contributed by atoms with Crippen molar-refractivity contribution in [2.45, 2.75) is 52.6 Å². The lowest BCUT2D eigenvalue weighted by Crippen LogP contribution is -2.34. The molecule has 0 radical (unpaired) electrons. The van der Waals surface area contributed by atoms with Gasteiger partial charge in [0.15, 0.2) is 0 Å². The van der Waals surface area contributed by atoms with E-state index in [2.05, 4.69) is 64.0 Å². The molecule has 0 spiro atoms. The average molecular weight is 391 g/mol. The Morgan fingerprint density at radius 1 is 1.17 bits per heavy atom. The molecule has 0 aliphatic carbocycles. The van der Waals surface area contributed by atoms with Crippen LogP contribution in [0.3, 0.4) is 0 Å². The fraction of sp³-hybridized carbons (Fsp3) is 0.435. The van der Waals surface area contributed by atoms with Gasteiger partial charge in [-0.25, -0.2) is 9.97 Å². The molecule has 1 saturated heterocycles. The van der Waals surface area contributed by atoms with Crippen molar-refractivity contribution in [2.75, 3.05) is 18.4 Å². The first-order valence-electron chi connectivity index (χ1n) is 10.5.